The predicted molar refractivity (Wildman–Crippen MR) is 80.6 cm³/mol. The van der Waals surface area contributed by atoms with Crippen LogP contribution in [0.3, 0.4) is 0 Å². The highest BCUT2D eigenvalue weighted by atomic mass is 32.2. The third kappa shape index (κ3) is 2.59. The maximum Gasteiger partial charge on any atom is 0.163 e. The van der Waals surface area contributed by atoms with Gasteiger partial charge in [-0.15, -0.1) is 0 Å². The highest BCUT2D eigenvalue weighted by molar-refractivity contribution is 8.23. The van der Waals surface area contributed by atoms with Crippen molar-refractivity contribution in [1.82, 2.24) is 4.90 Å². The monoisotopic (exact) mass is 279 g/mol. The van der Waals surface area contributed by atoms with Crippen molar-refractivity contribution in [2.75, 3.05) is 14.1 Å². The van der Waals surface area contributed by atoms with Crippen LogP contribution in [0.5, 0.6) is 0 Å². The molecular weight excluding hydrogens is 262 g/mol. The third-order valence-corrected chi connectivity index (χ3v) is 5.06. The van der Waals surface area contributed by atoms with Crippen LogP contribution in [0.2, 0.25) is 0 Å². The smallest absolute Gasteiger partial charge is 0.163 e. The van der Waals surface area contributed by atoms with Crippen LogP contribution in [0.4, 0.5) is 0 Å². The summed E-state index contributed by atoms with van der Waals surface area (Å²) in [6.45, 7) is 2.10. The van der Waals surface area contributed by atoms with Crippen LogP contribution in [0, 0.1) is 6.92 Å². The van der Waals surface area contributed by atoms with Crippen molar-refractivity contribution in [3.63, 3.8) is 0 Å². The van der Waals surface area contributed by atoms with Crippen molar-refractivity contribution < 1.29 is 4.79 Å². The molecule has 0 fully saturated rings. The van der Waals surface area contributed by atoms with Crippen LogP contribution >= 0.6 is 24.0 Å². The van der Waals surface area contributed by atoms with Gasteiger partial charge in [0.25, 0.3) is 0 Å². The summed E-state index contributed by atoms with van der Waals surface area (Å²) >= 11 is 6.92. The summed E-state index contributed by atoms with van der Waals surface area (Å²) in [6, 6.07) is 3.99. The van der Waals surface area contributed by atoms with Gasteiger partial charge < -0.3 is 4.90 Å². The highest BCUT2D eigenvalue weighted by Crippen LogP contribution is 2.32. The fourth-order valence-corrected chi connectivity index (χ4v) is 3.23. The summed E-state index contributed by atoms with van der Waals surface area (Å²) in [4.78, 5) is 14.9. The topological polar surface area (TPSA) is 20.3 Å². The normalized spacial score (nSPS) is 14.3. The molecule has 4 heteroatoms. The van der Waals surface area contributed by atoms with Crippen LogP contribution in [0.15, 0.2) is 17.0 Å². The molecule has 0 amide bonds. The van der Waals surface area contributed by atoms with Gasteiger partial charge in [0.2, 0.25) is 0 Å². The summed E-state index contributed by atoms with van der Waals surface area (Å²) in [6.07, 6.45) is 2.67. The average molecular weight is 279 g/mol. The van der Waals surface area contributed by atoms with Gasteiger partial charge in [0.1, 0.15) is 4.32 Å². The lowest BCUT2D eigenvalue weighted by Gasteiger charge is -2.20. The lowest BCUT2D eigenvalue weighted by atomic mass is 9.88. The van der Waals surface area contributed by atoms with E-state index in [0.717, 1.165) is 22.7 Å². The molecule has 0 saturated carbocycles. The summed E-state index contributed by atoms with van der Waals surface area (Å²) in [5.74, 6) is 0.283. The summed E-state index contributed by atoms with van der Waals surface area (Å²) in [5.41, 5.74) is 3.35. The van der Waals surface area contributed by atoms with E-state index in [0.29, 0.717) is 6.42 Å². The van der Waals surface area contributed by atoms with Crippen LogP contribution in [-0.2, 0) is 6.42 Å². The van der Waals surface area contributed by atoms with Crippen LogP contribution < -0.4 is 0 Å². The Morgan fingerprint density at radius 3 is 2.72 bits per heavy atom. The Morgan fingerprint density at radius 2 is 2.06 bits per heavy atom. The number of thioether (sulfide) groups is 1. The van der Waals surface area contributed by atoms with Crippen LogP contribution in [-0.4, -0.2) is 29.1 Å². The van der Waals surface area contributed by atoms with Crippen molar-refractivity contribution in [2.24, 2.45) is 0 Å². The molecule has 1 aromatic carbocycles. The minimum absolute atomic E-state index is 0.283. The molecule has 0 bridgehead atoms. The van der Waals surface area contributed by atoms with Crippen LogP contribution in [0.25, 0.3) is 0 Å². The van der Waals surface area contributed by atoms with Gasteiger partial charge in [0, 0.05) is 31.0 Å². The maximum absolute atomic E-state index is 11.8. The van der Waals surface area contributed by atoms with E-state index >= 15 is 0 Å². The van der Waals surface area contributed by atoms with Gasteiger partial charge >= 0.3 is 0 Å². The molecule has 1 aliphatic carbocycles. The first-order chi connectivity index (χ1) is 8.50. The first-order valence-corrected chi connectivity index (χ1v) is 7.28. The van der Waals surface area contributed by atoms with E-state index in [-0.39, 0.29) is 5.78 Å². The van der Waals surface area contributed by atoms with Gasteiger partial charge in [-0.1, -0.05) is 24.0 Å². The molecule has 0 aromatic heterocycles. The molecule has 0 atom stereocenters. The molecule has 0 spiro atoms. The fraction of sp³-hybridized carbons (Fsp3) is 0.429. The molecule has 0 N–H and O–H groups in total. The van der Waals surface area contributed by atoms with E-state index in [1.165, 1.54) is 16.0 Å². The minimum atomic E-state index is 0.283. The zero-order valence-electron chi connectivity index (χ0n) is 10.9. The van der Waals surface area contributed by atoms with E-state index in [9.17, 15) is 4.79 Å². The first kappa shape index (κ1) is 13.6. The van der Waals surface area contributed by atoms with E-state index < -0.39 is 0 Å². The van der Waals surface area contributed by atoms with Crippen molar-refractivity contribution in [1.29, 1.82) is 0 Å². The number of benzene rings is 1. The summed E-state index contributed by atoms with van der Waals surface area (Å²) in [5, 5.41) is 0. The number of carbonyl (C=O) groups is 1. The number of carbonyl (C=O) groups excluding carboxylic acids is 1. The number of hydrogen-bond donors (Lipinski definition) is 0. The number of thiocarbonyl (C=S) groups is 1. The average Bonchev–Trinajstić information content (AvgIpc) is 2.33. The summed E-state index contributed by atoms with van der Waals surface area (Å²) in [7, 11) is 3.90. The van der Waals surface area contributed by atoms with Crippen LogP contribution in [0.1, 0.15) is 34.3 Å². The number of Topliss-reactive ketones (excluding diaryl/α,β-unsaturated/α-hetero) is 1. The van der Waals surface area contributed by atoms with E-state index in [1.54, 1.807) is 11.8 Å². The predicted octanol–water partition coefficient (Wildman–Crippen LogP) is 3.45. The zero-order valence-corrected chi connectivity index (χ0v) is 12.6. The Labute approximate surface area is 118 Å². The van der Waals surface area contributed by atoms with E-state index in [1.807, 2.05) is 31.1 Å². The largest absolute Gasteiger partial charge is 0.363 e. The SMILES string of the molecule is Cc1c(SC(=S)N(C)C)ccc2c1CCCC2=O. The zero-order chi connectivity index (χ0) is 13.3. The Hall–Kier alpha value is -0.870. The van der Waals surface area contributed by atoms with Crippen molar-refractivity contribution in [3.05, 3.63) is 28.8 Å². The van der Waals surface area contributed by atoms with E-state index in [2.05, 4.69) is 6.92 Å². The number of fused-ring (bicyclic) bond motifs is 1. The number of ketones is 1. The van der Waals surface area contributed by atoms with E-state index in [4.69, 9.17) is 12.2 Å². The molecule has 96 valence electrons. The quantitative estimate of drug-likeness (QED) is 0.579. The number of rotatable bonds is 1. The maximum atomic E-state index is 11.8. The van der Waals surface area contributed by atoms with Gasteiger partial charge in [0.05, 0.1) is 0 Å². The molecule has 0 heterocycles. The van der Waals surface area contributed by atoms with Crippen molar-refractivity contribution >= 4 is 34.1 Å². The molecule has 0 aliphatic heterocycles. The third-order valence-electron chi connectivity index (χ3n) is 3.24. The lowest BCUT2D eigenvalue weighted by Crippen LogP contribution is -2.17. The van der Waals surface area contributed by atoms with Gasteiger partial charge in [0.15, 0.2) is 5.78 Å². The molecule has 1 aromatic rings. The molecule has 1 aliphatic rings. The fourth-order valence-electron chi connectivity index (χ4n) is 2.18. The Kier molecular flexibility index (Phi) is 4.07. The highest BCUT2D eigenvalue weighted by Gasteiger charge is 2.20. The molecule has 0 saturated heterocycles. The van der Waals surface area contributed by atoms with Crippen molar-refractivity contribution in [3.8, 4) is 0 Å². The molecule has 0 radical (unpaired) electrons. The van der Waals surface area contributed by atoms with Gasteiger partial charge in [-0.2, -0.15) is 0 Å². The second kappa shape index (κ2) is 5.41. The molecule has 2 rings (SSSR count). The van der Waals surface area contributed by atoms with Gasteiger partial charge in [-0.05, 0) is 43.0 Å². The molecule has 0 unspecified atom stereocenters. The van der Waals surface area contributed by atoms with Crippen molar-refractivity contribution in [2.45, 2.75) is 31.1 Å². The molecular formula is C14H17NOS2. The minimum Gasteiger partial charge on any atom is -0.363 e. The molecule has 18 heavy (non-hydrogen) atoms. The number of nitrogens with zero attached hydrogens (tertiary/aromatic N) is 1. The lowest BCUT2D eigenvalue weighted by molar-refractivity contribution is 0.0972. The van der Waals surface area contributed by atoms with Gasteiger partial charge in [-0.25, -0.2) is 0 Å². The second-order valence-electron chi connectivity index (χ2n) is 4.75. The Balaban J connectivity index is 2.35. The Bertz CT molecular complexity index is 509. The first-order valence-electron chi connectivity index (χ1n) is 6.05. The standard InChI is InChI=1S/C14H17NOS2/c1-9-10-5-4-6-12(16)11(10)7-8-13(9)18-14(17)15(2)3/h7-8H,4-6H2,1-3H3. The molecule has 2 nitrogen and oxygen atoms in total. The summed E-state index contributed by atoms with van der Waals surface area (Å²) < 4.78 is 0.847. The number of hydrogen-bond acceptors (Lipinski definition) is 3. The Morgan fingerprint density at radius 1 is 1.33 bits per heavy atom. The second-order valence-corrected chi connectivity index (χ2v) is 6.43. The van der Waals surface area contributed by atoms with Gasteiger partial charge in [-0.3, -0.25) is 4.79 Å².